The van der Waals surface area contributed by atoms with Gasteiger partial charge in [-0.15, -0.1) is 0 Å². The Kier molecular flexibility index (Phi) is 4.96. The molecule has 1 aliphatic rings. The van der Waals surface area contributed by atoms with Crippen molar-refractivity contribution >= 4 is 16.6 Å². The van der Waals surface area contributed by atoms with Gasteiger partial charge in [-0.3, -0.25) is 9.00 Å². The van der Waals surface area contributed by atoms with Crippen LogP contribution in [0.25, 0.3) is 0 Å². The maximum atomic E-state index is 12.0. The Hall–Kier alpha value is -1.36. The number of hydrogen-bond acceptors (Lipinski definition) is 4. The quantitative estimate of drug-likeness (QED) is 0.569. The molecule has 0 N–H and O–H groups in total. The van der Waals surface area contributed by atoms with E-state index < -0.39 is 10.8 Å². The molecule has 104 valence electrons. The van der Waals surface area contributed by atoms with Crippen LogP contribution in [0.15, 0.2) is 18.2 Å². The summed E-state index contributed by atoms with van der Waals surface area (Å²) in [5, 5.41) is 0. The zero-order valence-electron chi connectivity index (χ0n) is 11.0. The van der Waals surface area contributed by atoms with E-state index in [1.165, 1.54) is 0 Å². The number of hydrogen-bond donors (Lipinski definition) is 0. The minimum absolute atomic E-state index is 0.0867. The van der Waals surface area contributed by atoms with Crippen LogP contribution < -0.4 is 9.47 Å². The van der Waals surface area contributed by atoms with Gasteiger partial charge in [0.1, 0.15) is 0 Å². The summed E-state index contributed by atoms with van der Waals surface area (Å²) in [6, 6.07) is 5.07. The first-order valence-electron chi connectivity index (χ1n) is 6.48. The highest BCUT2D eigenvalue weighted by Gasteiger charge is 2.17. The summed E-state index contributed by atoms with van der Waals surface area (Å²) < 4.78 is 22.2. The van der Waals surface area contributed by atoms with E-state index in [4.69, 9.17) is 9.47 Å². The van der Waals surface area contributed by atoms with Gasteiger partial charge in [0.15, 0.2) is 17.3 Å². The van der Waals surface area contributed by atoms with Crippen molar-refractivity contribution in [2.45, 2.75) is 26.2 Å². The van der Waals surface area contributed by atoms with E-state index in [1.807, 2.05) is 0 Å². The van der Waals surface area contributed by atoms with Gasteiger partial charge in [0, 0.05) is 22.1 Å². The normalized spacial score (nSPS) is 14.4. The standard InChI is InChI=1S/C14H18O4S/c1-2-3-4-7-19(16)9-12(15)11-5-6-13-14(8-11)18-10-17-13/h5-6,8H,2-4,7,9-10H2,1H3. The molecule has 19 heavy (non-hydrogen) atoms. The van der Waals surface area contributed by atoms with Crippen LogP contribution in [-0.4, -0.2) is 28.3 Å². The number of unbranched alkanes of at least 4 members (excludes halogenated alkanes) is 2. The van der Waals surface area contributed by atoms with Crippen molar-refractivity contribution in [1.82, 2.24) is 0 Å². The Morgan fingerprint density at radius 1 is 1.26 bits per heavy atom. The van der Waals surface area contributed by atoms with E-state index in [0.717, 1.165) is 19.3 Å². The Morgan fingerprint density at radius 3 is 2.84 bits per heavy atom. The first kappa shape index (κ1) is 14.1. The van der Waals surface area contributed by atoms with Gasteiger partial charge < -0.3 is 9.47 Å². The topological polar surface area (TPSA) is 52.6 Å². The highest BCUT2D eigenvalue weighted by Crippen LogP contribution is 2.32. The SMILES string of the molecule is CCCCCS(=O)CC(=O)c1ccc2c(c1)OCO2. The Balaban J connectivity index is 1.91. The van der Waals surface area contributed by atoms with Crippen molar-refractivity contribution in [3.8, 4) is 11.5 Å². The molecule has 2 rings (SSSR count). The van der Waals surface area contributed by atoms with E-state index in [2.05, 4.69) is 6.92 Å². The van der Waals surface area contributed by atoms with Crippen molar-refractivity contribution in [3.05, 3.63) is 23.8 Å². The van der Waals surface area contributed by atoms with Gasteiger partial charge in [0.2, 0.25) is 6.79 Å². The number of ether oxygens (including phenoxy) is 2. The van der Waals surface area contributed by atoms with Gasteiger partial charge in [-0.05, 0) is 24.6 Å². The Labute approximate surface area is 115 Å². The van der Waals surface area contributed by atoms with Crippen LogP contribution in [0.1, 0.15) is 36.5 Å². The van der Waals surface area contributed by atoms with Crippen LogP contribution in [-0.2, 0) is 10.8 Å². The average molecular weight is 282 g/mol. The first-order valence-corrected chi connectivity index (χ1v) is 7.97. The monoisotopic (exact) mass is 282 g/mol. The molecule has 0 aromatic heterocycles. The number of ketones is 1. The molecule has 0 saturated heterocycles. The molecule has 1 heterocycles. The molecule has 4 nitrogen and oxygen atoms in total. The van der Waals surface area contributed by atoms with Gasteiger partial charge >= 0.3 is 0 Å². The fraction of sp³-hybridized carbons (Fsp3) is 0.500. The molecule has 5 heteroatoms. The second kappa shape index (κ2) is 6.70. The molecule has 0 bridgehead atoms. The molecule has 0 fully saturated rings. The van der Waals surface area contributed by atoms with Gasteiger partial charge in [-0.2, -0.15) is 0 Å². The molecule has 0 aliphatic carbocycles. The third kappa shape index (κ3) is 3.80. The van der Waals surface area contributed by atoms with Crippen molar-refractivity contribution in [2.24, 2.45) is 0 Å². The van der Waals surface area contributed by atoms with Gasteiger partial charge in [0.25, 0.3) is 0 Å². The zero-order valence-corrected chi connectivity index (χ0v) is 11.8. The number of Topliss-reactive ketones (excluding diaryl/α,β-unsaturated/α-hetero) is 1. The van der Waals surface area contributed by atoms with Gasteiger partial charge in [0.05, 0.1) is 5.75 Å². The number of carbonyl (C=O) groups is 1. The summed E-state index contributed by atoms with van der Waals surface area (Å²) in [6.45, 7) is 2.29. The fourth-order valence-corrected chi connectivity index (χ4v) is 3.01. The van der Waals surface area contributed by atoms with E-state index >= 15 is 0 Å². The summed E-state index contributed by atoms with van der Waals surface area (Å²) in [4.78, 5) is 12.0. The minimum Gasteiger partial charge on any atom is -0.454 e. The number of rotatable bonds is 7. The first-order chi connectivity index (χ1) is 9.20. The van der Waals surface area contributed by atoms with Crippen molar-refractivity contribution < 1.29 is 18.5 Å². The molecule has 1 aromatic carbocycles. The zero-order chi connectivity index (χ0) is 13.7. The van der Waals surface area contributed by atoms with Crippen LogP contribution in [0, 0.1) is 0 Å². The van der Waals surface area contributed by atoms with E-state index in [0.29, 0.717) is 22.8 Å². The van der Waals surface area contributed by atoms with Crippen molar-refractivity contribution in [2.75, 3.05) is 18.3 Å². The van der Waals surface area contributed by atoms with Gasteiger partial charge in [-0.25, -0.2) is 0 Å². The summed E-state index contributed by atoms with van der Waals surface area (Å²) in [6.07, 6.45) is 3.06. The van der Waals surface area contributed by atoms with Crippen LogP contribution in [0.4, 0.5) is 0 Å². The largest absolute Gasteiger partial charge is 0.454 e. The molecular weight excluding hydrogens is 264 g/mol. The lowest BCUT2D eigenvalue weighted by Gasteiger charge is -2.03. The summed E-state index contributed by atoms with van der Waals surface area (Å²) in [5.41, 5.74) is 0.535. The number of benzene rings is 1. The molecule has 0 saturated carbocycles. The highest BCUT2D eigenvalue weighted by molar-refractivity contribution is 7.85. The molecule has 1 aliphatic heterocycles. The van der Waals surface area contributed by atoms with Crippen LogP contribution in [0.3, 0.4) is 0 Å². The molecule has 0 amide bonds. The lowest BCUT2D eigenvalue weighted by atomic mass is 10.1. The molecule has 1 aromatic rings. The van der Waals surface area contributed by atoms with Crippen LogP contribution in [0.5, 0.6) is 11.5 Å². The maximum absolute atomic E-state index is 12.0. The average Bonchev–Trinajstić information content (AvgIpc) is 2.86. The van der Waals surface area contributed by atoms with Crippen molar-refractivity contribution in [1.29, 1.82) is 0 Å². The van der Waals surface area contributed by atoms with Crippen LogP contribution >= 0.6 is 0 Å². The Morgan fingerprint density at radius 2 is 2.05 bits per heavy atom. The molecule has 0 radical (unpaired) electrons. The molecule has 0 spiro atoms. The minimum atomic E-state index is -1.07. The van der Waals surface area contributed by atoms with Gasteiger partial charge in [-0.1, -0.05) is 19.8 Å². The second-order valence-corrected chi connectivity index (χ2v) is 6.06. The maximum Gasteiger partial charge on any atom is 0.231 e. The Bertz CT molecular complexity index is 484. The molecular formula is C14H18O4S. The lowest BCUT2D eigenvalue weighted by Crippen LogP contribution is -2.13. The van der Waals surface area contributed by atoms with E-state index in [-0.39, 0.29) is 18.3 Å². The summed E-state index contributed by atoms with van der Waals surface area (Å²) >= 11 is 0. The van der Waals surface area contributed by atoms with E-state index in [1.54, 1.807) is 18.2 Å². The number of carbonyl (C=O) groups excluding carboxylic acids is 1. The predicted molar refractivity (Wildman–Crippen MR) is 74.3 cm³/mol. The predicted octanol–water partition coefficient (Wildman–Crippen LogP) is 2.54. The molecule has 1 atom stereocenters. The number of fused-ring (bicyclic) bond motifs is 1. The van der Waals surface area contributed by atoms with Crippen LogP contribution in [0.2, 0.25) is 0 Å². The fourth-order valence-electron chi connectivity index (χ4n) is 1.88. The second-order valence-electron chi connectivity index (χ2n) is 4.49. The smallest absolute Gasteiger partial charge is 0.231 e. The highest BCUT2D eigenvalue weighted by atomic mass is 32.2. The third-order valence-corrected chi connectivity index (χ3v) is 4.29. The molecule has 1 unspecified atom stereocenters. The summed E-state index contributed by atoms with van der Waals surface area (Å²) in [5.74, 6) is 1.82. The summed E-state index contributed by atoms with van der Waals surface area (Å²) in [7, 11) is -1.07. The van der Waals surface area contributed by atoms with Crippen molar-refractivity contribution in [3.63, 3.8) is 0 Å². The lowest BCUT2D eigenvalue weighted by molar-refractivity contribution is 0.102. The third-order valence-electron chi connectivity index (χ3n) is 2.96. The van der Waals surface area contributed by atoms with E-state index in [9.17, 15) is 9.00 Å².